The van der Waals surface area contributed by atoms with Crippen LogP contribution in [0.4, 0.5) is 17.8 Å². The minimum atomic E-state index is -1.44. The van der Waals surface area contributed by atoms with Crippen LogP contribution in [0.1, 0.15) is 0 Å². The number of anilines is 3. The zero-order chi connectivity index (χ0) is 11.6. The van der Waals surface area contributed by atoms with Gasteiger partial charge in [0.1, 0.15) is 6.79 Å². The summed E-state index contributed by atoms with van der Waals surface area (Å²) in [7, 11) is 0. The Morgan fingerprint density at radius 1 is 0.857 bits per heavy atom. The van der Waals surface area contributed by atoms with Crippen LogP contribution < -0.4 is 17.2 Å². The quantitative estimate of drug-likeness (QED) is 0.444. The van der Waals surface area contributed by atoms with E-state index < -0.39 is 14.8 Å². The van der Waals surface area contributed by atoms with Crippen LogP contribution in [0.2, 0.25) is 0 Å². The van der Waals surface area contributed by atoms with E-state index in [0.717, 1.165) is 0 Å². The van der Waals surface area contributed by atoms with Gasteiger partial charge >= 0.3 is 22.5 Å². The van der Waals surface area contributed by atoms with Gasteiger partial charge in [0, 0.05) is 0 Å². The van der Waals surface area contributed by atoms with Crippen LogP contribution in [0.5, 0.6) is 0 Å². The maximum absolute atomic E-state index is 8.41. The fourth-order valence-corrected chi connectivity index (χ4v) is 0.427. The van der Waals surface area contributed by atoms with Crippen molar-refractivity contribution in [2.24, 2.45) is 0 Å². The molecule has 0 fully saturated rings. The molecular formula is C4H8MnN6O3. The van der Waals surface area contributed by atoms with Crippen LogP contribution in [-0.2, 0) is 27.3 Å². The standard InChI is InChI=1S/C3H6N6.CH2O.Mn.2O/c4-1-7-2(5)9-3(6)8-1;1-2;;;/h(H6,4,5,6,7,8,9);1H2;;;. The van der Waals surface area contributed by atoms with Crippen molar-refractivity contribution in [1.29, 1.82) is 0 Å². The molecule has 79 valence electrons. The Balaban J connectivity index is 0. The molecule has 0 aliphatic rings. The Kier molecular flexibility index (Phi) is 9.76. The molecular weight excluding hydrogens is 235 g/mol. The Labute approximate surface area is 84.7 Å². The van der Waals surface area contributed by atoms with Gasteiger partial charge in [-0.15, -0.1) is 0 Å². The van der Waals surface area contributed by atoms with Crippen molar-refractivity contribution >= 4 is 24.6 Å². The molecule has 9 nitrogen and oxygen atoms in total. The van der Waals surface area contributed by atoms with E-state index in [1.165, 1.54) is 0 Å². The van der Waals surface area contributed by atoms with Crippen molar-refractivity contribution in [3.05, 3.63) is 0 Å². The second kappa shape index (κ2) is 9.29. The number of hydrogen-bond acceptors (Lipinski definition) is 9. The molecule has 1 rings (SSSR count). The summed E-state index contributed by atoms with van der Waals surface area (Å²) in [5.41, 5.74) is 15.4. The Hall–Kier alpha value is -1.80. The van der Waals surface area contributed by atoms with Crippen molar-refractivity contribution in [3.63, 3.8) is 0 Å². The Morgan fingerprint density at radius 2 is 1.00 bits per heavy atom. The molecule has 0 aromatic carbocycles. The summed E-state index contributed by atoms with van der Waals surface area (Å²) in [5, 5.41) is 0. The normalized spacial score (nSPS) is 7.14. The summed E-state index contributed by atoms with van der Waals surface area (Å²) in [6, 6.07) is 0. The first kappa shape index (κ1) is 14.7. The molecule has 0 spiro atoms. The molecule has 0 aliphatic carbocycles. The van der Waals surface area contributed by atoms with Crippen molar-refractivity contribution in [2.75, 3.05) is 17.2 Å². The van der Waals surface area contributed by atoms with Gasteiger partial charge in [0.25, 0.3) is 0 Å². The van der Waals surface area contributed by atoms with E-state index >= 15 is 0 Å². The van der Waals surface area contributed by atoms with Crippen LogP contribution in [-0.4, -0.2) is 21.7 Å². The monoisotopic (exact) mass is 243 g/mol. The molecule has 0 radical (unpaired) electrons. The summed E-state index contributed by atoms with van der Waals surface area (Å²) in [4.78, 5) is 18.5. The van der Waals surface area contributed by atoms with E-state index in [4.69, 9.17) is 29.7 Å². The third-order valence-electron chi connectivity index (χ3n) is 0.687. The molecule has 14 heavy (non-hydrogen) atoms. The van der Waals surface area contributed by atoms with Gasteiger partial charge in [-0.25, -0.2) is 0 Å². The van der Waals surface area contributed by atoms with Crippen LogP contribution in [0.15, 0.2) is 0 Å². The molecule has 0 amide bonds. The average molecular weight is 243 g/mol. The van der Waals surface area contributed by atoms with Crippen molar-refractivity contribution in [1.82, 2.24) is 15.0 Å². The van der Waals surface area contributed by atoms with E-state index in [9.17, 15) is 0 Å². The number of aromatic nitrogens is 3. The number of nitrogens with two attached hydrogens (primary N) is 3. The molecule has 1 aromatic rings. The van der Waals surface area contributed by atoms with Crippen molar-refractivity contribution in [2.45, 2.75) is 0 Å². The fourth-order valence-electron chi connectivity index (χ4n) is 0.427. The van der Waals surface area contributed by atoms with Crippen molar-refractivity contribution < 1.29 is 27.3 Å². The van der Waals surface area contributed by atoms with E-state index in [-0.39, 0.29) is 17.8 Å². The number of nitrogen functional groups attached to an aromatic ring is 3. The van der Waals surface area contributed by atoms with Gasteiger partial charge in [0.2, 0.25) is 17.8 Å². The number of nitrogens with zero attached hydrogens (tertiary/aromatic N) is 3. The van der Waals surface area contributed by atoms with Gasteiger partial charge in [-0.05, 0) is 0 Å². The van der Waals surface area contributed by atoms with Crippen molar-refractivity contribution in [3.8, 4) is 0 Å². The third kappa shape index (κ3) is 8.30. The first-order valence-corrected chi connectivity index (χ1v) is 3.77. The summed E-state index contributed by atoms with van der Waals surface area (Å²) in [6.07, 6.45) is 0. The molecule has 0 bridgehead atoms. The summed E-state index contributed by atoms with van der Waals surface area (Å²) >= 11 is -1.44. The molecule has 6 N–H and O–H groups in total. The Bertz CT molecular complexity index is 263. The van der Waals surface area contributed by atoms with Crippen LogP contribution in [0, 0.1) is 0 Å². The molecule has 0 saturated carbocycles. The molecule has 0 saturated heterocycles. The zero-order valence-corrected chi connectivity index (χ0v) is 8.06. The summed E-state index contributed by atoms with van der Waals surface area (Å²) < 4.78 is 16.8. The predicted octanol–water partition coefficient (Wildman–Crippen LogP) is -1.81. The van der Waals surface area contributed by atoms with Crippen LogP contribution in [0.3, 0.4) is 0 Å². The third-order valence-corrected chi connectivity index (χ3v) is 0.687. The molecule has 0 atom stereocenters. The number of carbonyl (C=O) groups is 1. The minimum absolute atomic E-state index is 0.0417. The predicted molar refractivity (Wildman–Crippen MR) is 41.6 cm³/mol. The maximum atomic E-state index is 8.41. The van der Waals surface area contributed by atoms with E-state index in [0.29, 0.717) is 0 Å². The summed E-state index contributed by atoms with van der Waals surface area (Å²) in [5.74, 6) is 0.125. The fraction of sp³-hybridized carbons (Fsp3) is 0. The first-order valence-electron chi connectivity index (χ1n) is 2.80. The molecule has 0 aliphatic heterocycles. The number of rotatable bonds is 0. The van der Waals surface area contributed by atoms with Gasteiger partial charge in [0.05, 0.1) is 0 Å². The first-order chi connectivity index (χ1) is 6.60. The molecule has 1 aromatic heterocycles. The zero-order valence-electron chi connectivity index (χ0n) is 6.88. The second-order valence-electron chi connectivity index (χ2n) is 1.47. The van der Waals surface area contributed by atoms with Gasteiger partial charge < -0.3 is 22.0 Å². The number of hydrogen-bond donors (Lipinski definition) is 3. The average Bonchev–Trinajstić information content (AvgIpc) is 2.06. The molecule has 0 unspecified atom stereocenters. The van der Waals surface area contributed by atoms with E-state index in [2.05, 4.69) is 15.0 Å². The number of carbonyl (C=O) groups excluding carboxylic acids is 1. The van der Waals surface area contributed by atoms with E-state index in [1.54, 1.807) is 0 Å². The topological polar surface area (TPSA) is 168 Å². The molecule has 10 heteroatoms. The Morgan fingerprint density at radius 3 is 1.14 bits per heavy atom. The van der Waals surface area contributed by atoms with Gasteiger partial charge in [-0.3, -0.25) is 0 Å². The second-order valence-corrected chi connectivity index (χ2v) is 1.67. The van der Waals surface area contributed by atoms with Gasteiger partial charge in [-0.1, -0.05) is 0 Å². The van der Waals surface area contributed by atoms with Gasteiger partial charge in [0.15, 0.2) is 0 Å². The van der Waals surface area contributed by atoms with Crippen LogP contribution in [0.25, 0.3) is 0 Å². The summed E-state index contributed by atoms with van der Waals surface area (Å²) in [6.45, 7) is 2.00. The van der Waals surface area contributed by atoms with Crippen LogP contribution >= 0.6 is 0 Å². The van der Waals surface area contributed by atoms with Gasteiger partial charge in [-0.2, -0.15) is 15.0 Å². The SMILES string of the molecule is C=O.Nc1nc(N)nc(N)n1.[O]=[Mn]=[O]. The van der Waals surface area contributed by atoms with E-state index in [1.807, 2.05) is 6.79 Å². The molecule has 1 heterocycles.